The largest absolute Gasteiger partial charge is 0.339 e. The van der Waals surface area contributed by atoms with Crippen LogP contribution in [0.4, 0.5) is 5.69 Å². The summed E-state index contributed by atoms with van der Waals surface area (Å²) >= 11 is 1.63. The highest BCUT2D eigenvalue weighted by molar-refractivity contribution is 8.00. The van der Waals surface area contributed by atoms with Crippen LogP contribution >= 0.6 is 11.8 Å². The third-order valence-electron chi connectivity index (χ3n) is 3.28. The molecule has 1 aliphatic rings. The summed E-state index contributed by atoms with van der Waals surface area (Å²) in [6, 6.07) is 16.2. The molecule has 3 nitrogen and oxygen atoms in total. The monoisotopic (exact) mass is 296 g/mol. The lowest BCUT2D eigenvalue weighted by atomic mass is 10.1. The molecule has 1 amide bonds. The van der Waals surface area contributed by atoms with Crippen LogP contribution in [0.2, 0.25) is 0 Å². The number of fused-ring (bicyclic) bond motifs is 1. The number of nitrogens with one attached hydrogen (secondary N) is 1. The van der Waals surface area contributed by atoms with Gasteiger partial charge in [-0.2, -0.15) is 0 Å². The summed E-state index contributed by atoms with van der Waals surface area (Å²) in [5.41, 5.74) is 4.11. The second-order valence-electron chi connectivity index (χ2n) is 5.03. The zero-order chi connectivity index (χ0) is 14.8. The minimum atomic E-state index is -0.153. The van der Waals surface area contributed by atoms with Crippen molar-refractivity contribution in [1.29, 1.82) is 0 Å². The summed E-state index contributed by atoms with van der Waals surface area (Å²) < 4.78 is 0. The Labute approximate surface area is 128 Å². The second-order valence-corrected chi connectivity index (χ2v) is 6.18. The normalized spacial score (nSPS) is 16.9. The first-order valence-corrected chi connectivity index (χ1v) is 7.70. The number of hydrogen-bond acceptors (Lipinski definition) is 3. The van der Waals surface area contributed by atoms with Crippen LogP contribution in [0.1, 0.15) is 18.1 Å². The number of carbonyl (C=O) groups excluding carboxylic acids is 1. The molecule has 1 atom stereocenters. The molecule has 1 N–H and O–H groups in total. The number of para-hydroxylation sites is 1. The van der Waals surface area contributed by atoms with E-state index in [9.17, 15) is 4.79 Å². The first-order chi connectivity index (χ1) is 10.1. The summed E-state index contributed by atoms with van der Waals surface area (Å²) in [7, 11) is 0. The van der Waals surface area contributed by atoms with E-state index in [-0.39, 0.29) is 11.3 Å². The SMILES string of the molecule is CC(=O)N[C@@H]1Sc2ccccc2N=C1c1ccc(C)cc1. The van der Waals surface area contributed by atoms with Gasteiger partial charge in [-0.15, -0.1) is 0 Å². The number of amides is 1. The van der Waals surface area contributed by atoms with Gasteiger partial charge in [0.1, 0.15) is 5.37 Å². The fourth-order valence-electron chi connectivity index (χ4n) is 2.24. The van der Waals surface area contributed by atoms with Crippen molar-refractivity contribution >= 4 is 29.1 Å². The van der Waals surface area contributed by atoms with E-state index in [1.54, 1.807) is 11.8 Å². The van der Waals surface area contributed by atoms with E-state index in [2.05, 4.69) is 36.5 Å². The van der Waals surface area contributed by atoms with Gasteiger partial charge in [-0.05, 0) is 24.6 Å². The van der Waals surface area contributed by atoms with Crippen LogP contribution in [0.3, 0.4) is 0 Å². The third-order valence-corrected chi connectivity index (χ3v) is 4.46. The number of carbonyl (C=O) groups is 1. The maximum Gasteiger partial charge on any atom is 0.218 e. The van der Waals surface area contributed by atoms with Crippen molar-refractivity contribution in [2.75, 3.05) is 0 Å². The first-order valence-electron chi connectivity index (χ1n) is 6.82. The highest BCUT2D eigenvalue weighted by atomic mass is 32.2. The van der Waals surface area contributed by atoms with E-state index in [1.165, 1.54) is 12.5 Å². The Balaban J connectivity index is 2.05. The fraction of sp³-hybridized carbons (Fsp3) is 0.176. The molecular weight excluding hydrogens is 280 g/mol. The molecule has 4 heteroatoms. The molecule has 21 heavy (non-hydrogen) atoms. The molecule has 0 fully saturated rings. The number of nitrogens with zero attached hydrogens (tertiary/aromatic N) is 1. The average molecular weight is 296 g/mol. The number of hydrogen-bond donors (Lipinski definition) is 1. The lowest BCUT2D eigenvalue weighted by molar-refractivity contribution is -0.118. The topological polar surface area (TPSA) is 41.5 Å². The van der Waals surface area contributed by atoms with Gasteiger partial charge >= 0.3 is 0 Å². The van der Waals surface area contributed by atoms with Gasteiger partial charge in [-0.25, -0.2) is 4.99 Å². The first kappa shape index (κ1) is 13.9. The molecule has 2 aromatic carbocycles. The van der Waals surface area contributed by atoms with E-state index in [1.807, 2.05) is 24.3 Å². The van der Waals surface area contributed by atoms with Gasteiger partial charge < -0.3 is 5.32 Å². The van der Waals surface area contributed by atoms with Crippen molar-refractivity contribution in [3.8, 4) is 0 Å². The van der Waals surface area contributed by atoms with Crippen molar-refractivity contribution in [3.05, 3.63) is 59.7 Å². The molecule has 0 bridgehead atoms. The number of aliphatic imine (C=N–C) groups is 1. The van der Waals surface area contributed by atoms with Crippen LogP contribution in [-0.4, -0.2) is 17.0 Å². The van der Waals surface area contributed by atoms with Gasteiger partial charge in [0.25, 0.3) is 0 Å². The van der Waals surface area contributed by atoms with Gasteiger partial charge in [-0.1, -0.05) is 53.7 Å². The minimum absolute atomic E-state index is 0.0494. The molecule has 2 aromatic rings. The Hall–Kier alpha value is -2.07. The summed E-state index contributed by atoms with van der Waals surface area (Å²) in [6.07, 6.45) is 0. The molecule has 0 saturated carbocycles. The predicted octanol–water partition coefficient (Wildman–Crippen LogP) is 3.68. The zero-order valence-corrected chi connectivity index (χ0v) is 12.8. The second kappa shape index (κ2) is 5.74. The van der Waals surface area contributed by atoms with Crippen molar-refractivity contribution in [1.82, 2.24) is 5.32 Å². The van der Waals surface area contributed by atoms with Gasteiger partial charge in [0.2, 0.25) is 5.91 Å². The standard InChI is InChI=1S/C17H16N2OS/c1-11-7-9-13(10-8-11)16-17(18-12(2)20)21-15-6-4-3-5-14(15)19-16/h3-10,17H,1-2H3,(H,18,20)/t17-/m1/s1. The molecule has 3 rings (SSSR count). The molecular formula is C17H16N2OS. The highest BCUT2D eigenvalue weighted by Gasteiger charge is 2.25. The van der Waals surface area contributed by atoms with E-state index in [0.29, 0.717) is 0 Å². The third kappa shape index (κ3) is 3.00. The van der Waals surface area contributed by atoms with Crippen LogP contribution in [0.5, 0.6) is 0 Å². The van der Waals surface area contributed by atoms with Gasteiger partial charge in [-0.3, -0.25) is 4.79 Å². The lowest BCUT2D eigenvalue weighted by Crippen LogP contribution is -2.38. The highest BCUT2D eigenvalue weighted by Crippen LogP contribution is 2.38. The van der Waals surface area contributed by atoms with Crippen LogP contribution in [0.15, 0.2) is 58.4 Å². The Morgan fingerprint density at radius 1 is 1.14 bits per heavy atom. The zero-order valence-electron chi connectivity index (χ0n) is 12.0. The van der Waals surface area contributed by atoms with E-state index in [4.69, 9.17) is 4.99 Å². The van der Waals surface area contributed by atoms with Crippen molar-refractivity contribution in [2.45, 2.75) is 24.1 Å². The van der Waals surface area contributed by atoms with Gasteiger partial charge in [0.05, 0.1) is 11.4 Å². The lowest BCUT2D eigenvalue weighted by Gasteiger charge is -2.25. The maximum absolute atomic E-state index is 11.5. The predicted molar refractivity (Wildman–Crippen MR) is 87.3 cm³/mol. The molecule has 0 spiro atoms. The Bertz CT molecular complexity index is 707. The molecule has 1 aliphatic heterocycles. The molecule has 0 saturated heterocycles. The summed E-state index contributed by atoms with van der Waals surface area (Å²) in [4.78, 5) is 17.3. The van der Waals surface area contributed by atoms with Crippen LogP contribution in [0.25, 0.3) is 0 Å². The number of benzene rings is 2. The molecule has 0 aromatic heterocycles. The van der Waals surface area contributed by atoms with Gasteiger partial charge in [0, 0.05) is 11.8 Å². The average Bonchev–Trinajstić information content (AvgIpc) is 2.47. The minimum Gasteiger partial charge on any atom is -0.339 e. The molecule has 0 aliphatic carbocycles. The Morgan fingerprint density at radius 3 is 2.57 bits per heavy atom. The van der Waals surface area contributed by atoms with E-state index in [0.717, 1.165) is 21.9 Å². The summed E-state index contributed by atoms with van der Waals surface area (Å²) in [5, 5.41) is 2.83. The smallest absolute Gasteiger partial charge is 0.218 e. The molecule has 0 unspecified atom stereocenters. The summed E-state index contributed by atoms with van der Waals surface area (Å²) in [6.45, 7) is 3.59. The van der Waals surface area contributed by atoms with Crippen molar-refractivity contribution in [2.24, 2.45) is 4.99 Å². The van der Waals surface area contributed by atoms with Gasteiger partial charge in [0.15, 0.2) is 0 Å². The van der Waals surface area contributed by atoms with Crippen LogP contribution in [-0.2, 0) is 4.79 Å². The Kier molecular flexibility index (Phi) is 3.80. The number of aryl methyl sites for hydroxylation is 1. The van der Waals surface area contributed by atoms with E-state index >= 15 is 0 Å². The fourth-order valence-corrected chi connectivity index (χ4v) is 3.41. The molecule has 0 radical (unpaired) electrons. The van der Waals surface area contributed by atoms with E-state index < -0.39 is 0 Å². The molecule has 106 valence electrons. The van der Waals surface area contributed by atoms with Crippen LogP contribution < -0.4 is 5.32 Å². The Morgan fingerprint density at radius 2 is 1.86 bits per heavy atom. The maximum atomic E-state index is 11.5. The number of thioether (sulfide) groups is 1. The summed E-state index contributed by atoms with van der Waals surface area (Å²) in [5.74, 6) is -0.0494. The molecule has 1 heterocycles. The van der Waals surface area contributed by atoms with Crippen LogP contribution in [0, 0.1) is 6.92 Å². The van der Waals surface area contributed by atoms with Crippen molar-refractivity contribution < 1.29 is 4.79 Å². The number of rotatable bonds is 2. The quantitative estimate of drug-likeness (QED) is 0.918. The van der Waals surface area contributed by atoms with Crippen molar-refractivity contribution in [3.63, 3.8) is 0 Å².